The summed E-state index contributed by atoms with van der Waals surface area (Å²) in [6, 6.07) is 6.53. The number of aryl methyl sites for hydroxylation is 1. The molecule has 1 aromatic carbocycles. The minimum Gasteiger partial charge on any atom is -0.409 e. The van der Waals surface area contributed by atoms with Gasteiger partial charge in [0.25, 0.3) is 0 Å². The highest BCUT2D eigenvalue weighted by atomic mass is 32.2. The summed E-state index contributed by atoms with van der Waals surface area (Å²) in [7, 11) is -3.68. The van der Waals surface area contributed by atoms with Crippen LogP contribution in [-0.4, -0.2) is 36.4 Å². The van der Waals surface area contributed by atoms with E-state index in [0.29, 0.717) is 0 Å². The molecule has 0 aliphatic heterocycles. The molecule has 0 amide bonds. The highest BCUT2D eigenvalue weighted by Crippen LogP contribution is 2.19. The molecule has 1 rings (SSSR count). The molecule has 0 aromatic heterocycles. The fourth-order valence-corrected chi connectivity index (χ4v) is 3.60. The summed E-state index contributed by atoms with van der Waals surface area (Å²) < 4.78 is 26.5. The van der Waals surface area contributed by atoms with Crippen LogP contribution in [0.4, 0.5) is 0 Å². The van der Waals surface area contributed by atoms with Crippen LogP contribution in [0.1, 0.15) is 32.8 Å². The van der Waals surface area contributed by atoms with Crippen LogP contribution in [-0.2, 0) is 16.4 Å². The third-order valence-electron chi connectivity index (χ3n) is 3.09. The Hall–Kier alpha value is -1.60. The number of sulfonamides is 1. The second kappa shape index (κ2) is 7.42. The van der Waals surface area contributed by atoms with E-state index in [1.807, 2.05) is 12.1 Å². The van der Waals surface area contributed by atoms with Crippen molar-refractivity contribution in [3.05, 3.63) is 29.8 Å². The number of oxime groups is 1. The van der Waals surface area contributed by atoms with E-state index in [1.54, 1.807) is 26.0 Å². The van der Waals surface area contributed by atoms with Crippen LogP contribution in [0.3, 0.4) is 0 Å². The highest BCUT2D eigenvalue weighted by molar-refractivity contribution is 7.89. The van der Waals surface area contributed by atoms with Crippen molar-refractivity contribution in [1.82, 2.24) is 4.31 Å². The first kappa shape index (κ1) is 17.5. The van der Waals surface area contributed by atoms with Crippen LogP contribution >= 0.6 is 0 Å². The minimum atomic E-state index is -3.68. The molecule has 0 heterocycles. The van der Waals surface area contributed by atoms with E-state index in [0.717, 1.165) is 18.4 Å². The van der Waals surface area contributed by atoms with E-state index >= 15 is 0 Å². The lowest BCUT2D eigenvalue weighted by molar-refractivity contribution is 0.312. The number of hydrogen-bond donors (Lipinski definition) is 2. The van der Waals surface area contributed by atoms with E-state index in [4.69, 9.17) is 10.9 Å². The average Bonchev–Trinajstić information content (AvgIpc) is 2.44. The van der Waals surface area contributed by atoms with Crippen LogP contribution in [0.25, 0.3) is 0 Å². The van der Waals surface area contributed by atoms with Crippen molar-refractivity contribution < 1.29 is 13.6 Å². The number of nitrogens with zero attached hydrogens (tertiary/aromatic N) is 2. The van der Waals surface area contributed by atoms with Crippen molar-refractivity contribution in [2.45, 2.75) is 44.6 Å². The van der Waals surface area contributed by atoms with Gasteiger partial charge in [-0.2, -0.15) is 4.31 Å². The Balaban J connectivity index is 3.10. The maximum Gasteiger partial charge on any atom is 0.243 e. The molecular formula is C14H23N3O3S. The predicted octanol–water partition coefficient (Wildman–Crippen LogP) is 1.78. The quantitative estimate of drug-likeness (QED) is 0.347. The molecule has 0 atom stereocenters. The first-order chi connectivity index (χ1) is 9.82. The van der Waals surface area contributed by atoms with Gasteiger partial charge in [0.05, 0.1) is 11.4 Å². The summed E-state index contributed by atoms with van der Waals surface area (Å²) in [6.07, 6.45) is 1.92. The Morgan fingerprint density at radius 3 is 2.33 bits per heavy atom. The van der Waals surface area contributed by atoms with Crippen molar-refractivity contribution >= 4 is 15.9 Å². The molecule has 0 aliphatic carbocycles. The Morgan fingerprint density at radius 1 is 1.33 bits per heavy atom. The van der Waals surface area contributed by atoms with Crippen LogP contribution in [0.2, 0.25) is 0 Å². The van der Waals surface area contributed by atoms with Gasteiger partial charge in [0, 0.05) is 6.04 Å². The van der Waals surface area contributed by atoms with Gasteiger partial charge >= 0.3 is 0 Å². The van der Waals surface area contributed by atoms with Crippen molar-refractivity contribution in [1.29, 1.82) is 0 Å². The monoisotopic (exact) mass is 313 g/mol. The molecule has 118 valence electrons. The molecule has 0 bridgehead atoms. The topological polar surface area (TPSA) is 96.0 Å². The van der Waals surface area contributed by atoms with Gasteiger partial charge in [0.15, 0.2) is 5.84 Å². The summed E-state index contributed by atoms with van der Waals surface area (Å²) in [5.41, 5.74) is 6.54. The fraction of sp³-hybridized carbons (Fsp3) is 0.500. The van der Waals surface area contributed by atoms with Crippen LogP contribution in [0.5, 0.6) is 0 Å². The molecule has 0 unspecified atom stereocenters. The van der Waals surface area contributed by atoms with Gasteiger partial charge in [0.1, 0.15) is 0 Å². The van der Waals surface area contributed by atoms with E-state index in [9.17, 15) is 8.42 Å². The maximum absolute atomic E-state index is 12.6. The molecule has 0 fully saturated rings. The van der Waals surface area contributed by atoms with Gasteiger partial charge in [-0.05, 0) is 38.0 Å². The molecule has 0 saturated heterocycles. The lowest BCUT2D eigenvalue weighted by Gasteiger charge is -2.25. The van der Waals surface area contributed by atoms with Crippen molar-refractivity contribution in [2.24, 2.45) is 10.9 Å². The van der Waals surface area contributed by atoms with Crippen LogP contribution in [0, 0.1) is 0 Å². The summed E-state index contributed by atoms with van der Waals surface area (Å²) in [5.74, 6) is -0.144. The van der Waals surface area contributed by atoms with Crippen molar-refractivity contribution in [3.8, 4) is 0 Å². The molecule has 21 heavy (non-hydrogen) atoms. The third kappa shape index (κ3) is 4.44. The van der Waals surface area contributed by atoms with E-state index < -0.39 is 10.0 Å². The van der Waals surface area contributed by atoms with Gasteiger partial charge in [-0.1, -0.05) is 30.6 Å². The Morgan fingerprint density at radius 2 is 1.90 bits per heavy atom. The summed E-state index contributed by atoms with van der Waals surface area (Å²) in [4.78, 5) is 0.210. The van der Waals surface area contributed by atoms with Gasteiger partial charge < -0.3 is 10.9 Å². The summed E-state index contributed by atoms with van der Waals surface area (Å²) >= 11 is 0. The molecule has 7 heteroatoms. The zero-order valence-electron chi connectivity index (χ0n) is 12.7. The lowest BCUT2D eigenvalue weighted by atomic mass is 10.1. The smallest absolute Gasteiger partial charge is 0.243 e. The lowest BCUT2D eigenvalue weighted by Crippen LogP contribution is -2.42. The predicted molar refractivity (Wildman–Crippen MR) is 82.9 cm³/mol. The summed E-state index contributed by atoms with van der Waals surface area (Å²) in [6.45, 7) is 5.41. The first-order valence-corrected chi connectivity index (χ1v) is 8.34. The SMILES string of the molecule is CCCc1ccc(S(=O)(=O)N(CC(N)=NO)C(C)C)cc1. The Kier molecular flexibility index (Phi) is 6.17. The van der Waals surface area contributed by atoms with E-state index in [2.05, 4.69) is 12.1 Å². The molecule has 6 nitrogen and oxygen atoms in total. The van der Waals surface area contributed by atoms with E-state index in [-0.39, 0.29) is 23.3 Å². The fourth-order valence-electron chi connectivity index (χ4n) is 1.99. The number of rotatable bonds is 7. The average molecular weight is 313 g/mol. The number of amidine groups is 1. The van der Waals surface area contributed by atoms with Gasteiger partial charge in [-0.15, -0.1) is 0 Å². The molecule has 0 spiro atoms. The van der Waals surface area contributed by atoms with Crippen molar-refractivity contribution in [3.63, 3.8) is 0 Å². The summed E-state index contributed by atoms with van der Waals surface area (Å²) in [5, 5.41) is 11.5. The number of benzene rings is 1. The second-order valence-corrected chi connectivity index (χ2v) is 7.02. The zero-order chi connectivity index (χ0) is 16.0. The molecule has 1 aromatic rings. The first-order valence-electron chi connectivity index (χ1n) is 6.90. The minimum absolute atomic E-state index is 0.144. The molecule has 0 radical (unpaired) electrons. The molecule has 3 N–H and O–H groups in total. The normalized spacial score (nSPS) is 13.1. The Labute approximate surface area is 126 Å². The highest BCUT2D eigenvalue weighted by Gasteiger charge is 2.27. The largest absolute Gasteiger partial charge is 0.409 e. The van der Waals surface area contributed by atoms with Gasteiger partial charge in [0.2, 0.25) is 10.0 Å². The van der Waals surface area contributed by atoms with Crippen LogP contribution < -0.4 is 5.73 Å². The second-order valence-electron chi connectivity index (χ2n) is 5.13. The van der Waals surface area contributed by atoms with Gasteiger partial charge in [-0.25, -0.2) is 8.42 Å². The Bertz CT molecular complexity index is 580. The molecular weight excluding hydrogens is 290 g/mol. The standard InChI is InChI=1S/C14H23N3O3S/c1-4-5-12-6-8-13(9-7-12)21(19,20)17(11(2)3)10-14(15)16-18/h6-9,11,18H,4-5,10H2,1-3H3,(H2,15,16). The number of hydrogen-bond acceptors (Lipinski definition) is 4. The maximum atomic E-state index is 12.6. The molecule has 0 saturated carbocycles. The van der Waals surface area contributed by atoms with Crippen LogP contribution in [0.15, 0.2) is 34.3 Å². The van der Waals surface area contributed by atoms with Gasteiger partial charge in [-0.3, -0.25) is 0 Å². The third-order valence-corrected chi connectivity index (χ3v) is 5.13. The molecule has 0 aliphatic rings. The van der Waals surface area contributed by atoms with Crippen molar-refractivity contribution in [2.75, 3.05) is 6.54 Å². The zero-order valence-corrected chi connectivity index (χ0v) is 13.5. The van der Waals surface area contributed by atoms with E-state index in [1.165, 1.54) is 4.31 Å². The number of nitrogens with two attached hydrogens (primary N) is 1.